The highest BCUT2D eigenvalue weighted by atomic mass is 35.5. The van der Waals surface area contributed by atoms with E-state index in [-0.39, 0.29) is 0 Å². The van der Waals surface area contributed by atoms with Crippen LogP contribution in [-0.4, -0.2) is 14.4 Å². The van der Waals surface area contributed by atoms with Crippen molar-refractivity contribution in [2.45, 2.75) is 6.54 Å². The third-order valence-electron chi connectivity index (χ3n) is 4.73. The highest BCUT2D eigenvalue weighted by molar-refractivity contribution is 6.31. The van der Waals surface area contributed by atoms with Crippen LogP contribution in [0.25, 0.3) is 16.6 Å². The largest absolute Gasteiger partial charge is 0.457 e. The van der Waals surface area contributed by atoms with Crippen LogP contribution in [0.1, 0.15) is 5.56 Å². The lowest BCUT2D eigenvalue weighted by Gasteiger charge is -2.15. The number of imidazole rings is 1. The van der Waals surface area contributed by atoms with Crippen molar-refractivity contribution < 1.29 is 4.74 Å². The van der Waals surface area contributed by atoms with E-state index in [2.05, 4.69) is 10.3 Å². The summed E-state index contributed by atoms with van der Waals surface area (Å²) in [4.78, 5) is 9.07. The first-order valence-corrected chi connectivity index (χ1v) is 9.62. The molecule has 5 nitrogen and oxygen atoms in total. The average Bonchev–Trinajstić information content (AvgIpc) is 3.24. The van der Waals surface area contributed by atoms with Crippen LogP contribution in [0.15, 0.2) is 85.3 Å². The molecule has 0 atom stereocenters. The smallest absolute Gasteiger partial charge is 0.153 e. The van der Waals surface area contributed by atoms with Crippen molar-refractivity contribution in [3.63, 3.8) is 0 Å². The van der Waals surface area contributed by atoms with E-state index in [4.69, 9.17) is 21.3 Å². The summed E-state index contributed by atoms with van der Waals surface area (Å²) in [6.45, 7) is 0.466. The lowest BCUT2D eigenvalue weighted by Crippen LogP contribution is -2.06. The Labute approximate surface area is 172 Å². The topological polar surface area (TPSA) is 51.5 Å². The van der Waals surface area contributed by atoms with Crippen LogP contribution < -0.4 is 10.1 Å². The number of benzene rings is 3. The number of hydrogen-bond donors (Lipinski definition) is 1. The molecule has 2 heterocycles. The molecule has 0 aliphatic rings. The van der Waals surface area contributed by atoms with Gasteiger partial charge in [-0.15, -0.1) is 0 Å². The zero-order chi connectivity index (χ0) is 19.6. The molecule has 0 bridgehead atoms. The molecule has 0 spiro atoms. The molecule has 1 N–H and O–H groups in total. The van der Waals surface area contributed by atoms with Gasteiger partial charge >= 0.3 is 0 Å². The Balaban J connectivity index is 1.49. The number of aromatic nitrogens is 3. The standard InChI is InChI=1S/C23H17ClN4O/c24-18-9-6-12-22(29-16-7-2-1-3-8-16)17(18)13-26-23-21-14-25-15-28(21)20-11-5-4-10-19(20)27-23/h1-12,14-15H,13H2,(H,26,27). The number of nitrogens with zero attached hydrogens (tertiary/aromatic N) is 3. The third-order valence-corrected chi connectivity index (χ3v) is 5.09. The number of ether oxygens (including phenoxy) is 1. The summed E-state index contributed by atoms with van der Waals surface area (Å²) < 4.78 is 8.09. The van der Waals surface area contributed by atoms with E-state index in [1.807, 2.05) is 77.2 Å². The van der Waals surface area contributed by atoms with E-state index < -0.39 is 0 Å². The number of anilines is 1. The monoisotopic (exact) mass is 400 g/mol. The summed E-state index contributed by atoms with van der Waals surface area (Å²) >= 11 is 6.50. The van der Waals surface area contributed by atoms with Crippen LogP contribution in [0.4, 0.5) is 5.82 Å². The quantitative estimate of drug-likeness (QED) is 0.396. The van der Waals surface area contributed by atoms with Crippen molar-refractivity contribution in [2.75, 3.05) is 5.32 Å². The highest BCUT2D eigenvalue weighted by Crippen LogP contribution is 2.31. The Morgan fingerprint density at radius 3 is 2.62 bits per heavy atom. The van der Waals surface area contributed by atoms with Gasteiger partial charge in [-0.05, 0) is 36.4 Å². The minimum absolute atomic E-state index is 0.466. The van der Waals surface area contributed by atoms with Crippen LogP contribution in [0.3, 0.4) is 0 Å². The van der Waals surface area contributed by atoms with Gasteiger partial charge in [0.1, 0.15) is 17.0 Å². The molecule has 5 rings (SSSR count). The molecule has 0 radical (unpaired) electrons. The number of halogens is 1. The van der Waals surface area contributed by atoms with Crippen LogP contribution in [0.2, 0.25) is 5.02 Å². The molecular weight excluding hydrogens is 384 g/mol. The fourth-order valence-corrected chi connectivity index (χ4v) is 3.56. The zero-order valence-electron chi connectivity index (χ0n) is 15.4. The lowest BCUT2D eigenvalue weighted by atomic mass is 10.2. The molecule has 0 amide bonds. The SMILES string of the molecule is Clc1cccc(Oc2ccccc2)c1CNc1nc2ccccc2n2cncc12. The van der Waals surface area contributed by atoms with Crippen LogP contribution >= 0.6 is 11.6 Å². The molecule has 6 heteroatoms. The second-order valence-corrected chi connectivity index (χ2v) is 6.99. The van der Waals surface area contributed by atoms with Crippen molar-refractivity contribution in [3.05, 3.63) is 95.9 Å². The van der Waals surface area contributed by atoms with Gasteiger partial charge in [0, 0.05) is 17.1 Å². The summed E-state index contributed by atoms with van der Waals surface area (Å²) in [6.07, 6.45) is 3.60. The van der Waals surface area contributed by atoms with E-state index in [1.165, 1.54) is 0 Å². The first-order chi connectivity index (χ1) is 14.3. The Morgan fingerprint density at radius 2 is 1.72 bits per heavy atom. The van der Waals surface area contributed by atoms with Gasteiger partial charge < -0.3 is 10.1 Å². The molecule has 5 aromatic rings. The normalized spacial score (nSPS) is 11.1. The first kappa shape index (κ1) is 17.5. The van der Waals surface area contributed by atoms with E-state index in [1.54, 1.807) is 12.5 Å². The van der Waals surface area contributed by atoms with Gasteiger partial charge in [-0.25, -0.2) is 9.97 Å². The van der Waals surface area contributed by atoms with Gasteiger partial charge in [0.05, 0.1) is 23.6 Å². The number of rotatable bonds is 5. The van der Waals surface area contributed by atoms with Crippen molar-refractivity contribution in [1.82, 2.24) is 14.4 Å². The maximum atomic E-state index is 6.50. The van der Waals surface area contributed by atoms with E-state index in [0.717, 1.165) is 33.7 Å². The van der Waals surface area contributed by atoms with Crippen molar-refractivity contribution in [1.29, 1.82) is 0 Å². The van der Waals surface area contributed by atoms with Gasteiger partial charge in [0.25, 0.3) is 0 Å². The average molecular weight is 401 g/mol. The predicted octanol–water partition coefficient (Wildman–Crippen LogP) is 5.94. The summed E-state index contributed by atoms with van der Waals surface area (Å²) in [5.74, 6) is 2.21. The van der Waals surface area contributed by atoms with E-state index >= 15 is 0 Å². The zero-order valence-corrected chi connectivity index (χ0v) is 16.2. The lowest BCUT2D eigenvalue weighted by molar-refractivity contribution is 0.477. The molecule has 0 aliphatic heterocycles. The van der Waals surface area contributed by atoms with Crippen molar-refractivity contribution in [2.24, 2.45) is 0 Å². The molecule has 0 fully saturated rings. The minimum atomic E-state index is 0.466. The van der Waals surface area contributed by atoms with Gasteiger partial charge in [-0.1, -0.05) is 48.0 Å². The van der Waals surface area contributed by atoms with E-state index in [9.17, 15) is 0 Å². The van der Waals surface area contributed by atoms with Gasteiger partial charge in [-0.3, -0.25) is 4.40 Å². The first-order valence-electron chi connectivity index (χ1n) is 9.24. The Kier molecular flexibility index (Phi) is 4.50. The number of para-hydroxylation sites is 3. The maximum absolute atomic E-state index is 6.50. The fourth-order valence-electron chi connectivity index (χ4n) is 3.33. The second kappa shape index (κ2) is 7.45. The molecule has 142 valence electrons. The van der Waals surface area contributed by atoms with E-state index in [0.29, 0.717) is 17.3 Å². The third kappa shape index (κ3) is 3.37. The molecule has 0 saturated carbocycles. The number of nitrogens with one attached hydrogen (secondary N) is 1. The predicted molar refractivity (Wildman–Crippen MR) is 116 cm³/mol. The van der Waals surface area contributed by atoms with Crippen LogP contribution in [0, 0.1) is 0 Å². The summed E-state index contributed by atoms with van der Waals surface area (Å²) in [5, 5.41) is 4.05. The van der Waals surface area contributed by atoms with Crippen molar-refractivity contribution in [3.8, 4) is 11.5 Å². The second-order valence-electron chi connectivity index (χ2n) is 6.58. The van der Waals surface area contributed by atoms with Crippen molar-refractivity contribution >= 4 is 34.0 Å². The molecule has 0 aliphatic carbocycles. The Hall–Kier alpha value is -3.57. The number of fused-ring (bicyclic) bond motifs is 3. The Bertz CT molecular complexity index is 1300. The molecule has 2 aromatic heterocycles. The highest BCUT2D eigenvalue weighted by Gasteiger charge is 2.12. The molecular formula is C23H17ClN4O. The number of hydrogen-bond acceptors (Lipinski definition) is 4. The molecule has 3 aromatic carbocycles. The summed E-state index contributed by atoms with van der Waals surface area (Å²) in [7, 11) is 0. The van der Waals surface area contributed by atoms with Gasteiger partial charge in [0.2, 0.25) is 0 Å². The van der Waals surface area contributed by atoms with Crippen LogP contribution in [-0.2, 0) is 6.54 Å². The maximum Gasteiger partial charge on any atom is 0.153 e. The van der Waals surface area contributed by atoms with Gasteiger partial charge in [-0.2, -0.15) is 0 Å². The van der Waals surface area contributed by atoms with Crippen LogP contribution in [0.5, 0.6) is 11.5 Å². The fraction of sp³-hybridized carbons (Fsp3) is 0.0435. The minimum Gasteiger partial charge on any atom is -0.457 e. The van der Waals surface area contributed by atoms with Gasteiger partial charge in [0.15, 0.2) is 5.82 Å². The Morgan fingerprint density at radius 1 is 0.897 bits per heavy atom. The molecule has 29 heavy (non-hydrogen) atoms. The summed E-state index contributed by atoms with van der Waals surface area (Å²) in [6, 6.07) is 23.3. The molecule has 0 unspecified atom stereocenters. The molecule has 0 saturated heterocycles. The summed E-state index contributed by atoms with van der Waals surface area (Å²) in [5.41, 5.74) is 3.67.